The summed E-state index contributed by atoms with van der Waals surface area (Å²) in [5.74, 6) is 0.455. The molecule has 92 valence electrons. The Morgan fingerprint density at radius 1 is 1.06 bits per heavy atom. The summed E-state index contributed by atoms with van der Waals surface area (Å²) in [7, 11) is 0. The Bertz CT molecular complexity index is 525. The second-order valence-electron chi connectivity index (χ2n) is 3.96. The molecule has 3 heteroatoms. The Balaban J connectivity index is 1.88. The lowest BCUT2D eigenvalue weighted by molar-refractivity contribution is -0.113. The number of amides is 1. The van der Waals surface area contributed by atoms with Crippen LogP contribution in [0.3, 0.4) is 0 Å². The molecular formula is C15H15NOS. The van der Waals surface area contributed by atoms with Crippen LogP contribution in [0.2, 0.25) is 0 Å². The third kappa shape index (κ3) is 3.64. The van der Waals surface area contributed by atoms with Gasteiger partial charge in [0, 0.05) is 10.6 Å². The van der Waals surface area contributed by atoms with Crippen LogP contribution in [0.25, 0.3) is 0 Å². The maximum absolute atomic E-state index is 11.8. The highest BCUT2D eigenvalue weighted by molar-refractivity contribution is 8.00. The summed E-state index contributed by atoms with van der Waals surface area (Å²) in [4.78, 5) is 12.9. The van der Waals surface area contributed by atoms with E-state index in [9.17, 15) is 4.79 Å². The summed E-state index contributed by atoms with van der Waals surface area (Å²) in [6.07, 6.45) is 0. The average molecular weight is 257 g/mol. The largest absolute Gasteiger partial charge is 0.325 e. The predicted molar refractivity (Wildman–Crippen MR) is 77.0 cm³/mol. The quantitative estimate of drug-likeness (QED) is 0.846. The molecule has 0 aromatic heterocycles. The zero-order chi connectivity index (χ0) is 12.8. The standard InChI is InChI=1S/C15H15NOS/c1-12-7-5-6-10-14(12)16-15(17)11-18-13-8-3-2-4-9-13/h2-10H,11H2,1H3,(H,16,17). The Labute approximate surface area is 111 Å². The SMILES string of the molecule is Cc1ccccc1NC(=O)CSc1ccccc1. The molecule has 2 aromatic rings. The molecule has 0 aliphatic rings. The van der Waals surface area contributed by atoms with E-state index >= 15 is 0 Å². The first kappa shape index (κ1) is 12.7. The number of hydrogen-bond donors (Lipinski definition) is 1. The van der Waals surface area contributed by atoms with Gasteiger partial charge in [-0.25, -0.2) is 0 Å². The van der Waals surface area contributed by atoms with Crippen molar-refractivity contribution in [2.75, 3.05) is 11.1 Å². The van der Waals surface area contributed by atoms with E-state index in [0.29, 0.717) is 5.75 Å². The van der Waals surface area contributed by atoms with E-state index in [0.717, 1.165) is 16.1 Å². The summed E-state index contributed by atoms with van der Waals surface area (Å²) >= 11 is 1.54. The van der Waals surface area contributed by atoms with E-state index in [4.69, 9.17) is 0 Å². The number of hydrogen-bond acceptors (Lipinski definition) is 2. The number of rotatable bonds is 4. The third-order valence-electron chi connectivity index (χ3n) is 2.53. The fourth-order valence-electron chi connectivity index (χ4n) is 1.57. The van der Waals surface area contributed by atoms with E-state index in [-0.39, 0.29) is 5.91 Å². The predicted octanol–water partition coefficient (Wildman–Crippen LogP) is 3.73. The van der Waals surface area contributed by atoms with Gasteiger partial charge in [-0.15, -0.1) is 11.8 Å². The minimum Gasteiger partial charge on any atom is -0.325 e. The lowest BCUT2D eigenvalue weighted by Gasteiger charge is -2.07. The third-order valence-corrected chi connectivity index (χ3v) is 3.54. The molecule has 1 amide bonds. The summed E-state index contributed by atoms with van der Waals surface area (Å²) in [6.45, 7) is 1.99. The van der Waals surface area contributed by atoms with Crippen LogP contribution in [0.1, 0.15) is 5.56 Å². The minimum absolute atomic E-state index is 0.0261. The fourth-order valence-corrected chi connectivity index (χ4v) is 2.28. The number of benzene rings is 2. The van der Waals surface area contributed by atoms with Crippen molar-refractivity contribution in [2.24, 2.45) is 0 Å². The lowest BCUT2D eigenvalue weighted by Crippen LogP contribution is -2.14. The molecule has 0 spiro atoms. The second kappa shape index (κ2) is 6.26. The van der Waals surface area contributed by atoms with Crippen LogP contribution in [0.5, 0.6) is 0 Å². The normalized spacial score (nSPS) is 10.1. The van der Waals surface area contributed by atoms with Gasteiger partial charge < -0.3 is 5.32 Å². The average Bonchev–Trinajstić information content (AvgIpc) is 2.40. The monoisotopic (exact) mass is 257 g/mol. The van der Waals surface area contributed by atoms with Crippen LogP contribution in [-0.2, 0) is 4.79 Å². The van der Waals surface area contributed by atoms with Gasteiger partial charge in [-0.2, -0.15) is 0 Å². The van der Waals surface area contributed by atoms with E-state index < -0.39 is 0 Å². The molecule has 0 heterocycles. The number of nitrogens with one attached hydrogen (secondary N) is 1. The molecule has 2 aromatic carbocycles. The van der Waals surface area contributed by atoms with E-state index in [2.05, 4.69) is 5.32 Å². The van der Waals surface area contributed by atoms with Gasteiger partial charge in [-0.05, 0) is 30.7 Å². The maximum Gasteiger partial charge on any atom is 0.234 e. The van der Waals surface area contributed by atoms with Crippen LogP contribution in [-0.4, -0.2) is 11.7 Å². The van der Waals surface area contributed by atoms with Gasteiger partial charge in [0.15, 0.2) is 0 Å². The lowest BCUT2D eigenvalue weighted by atomic mass is 10.2. The summed E-state index contributed by atoms with van der Waals surface area (Å²) in [5, 5.41) is 2.92. The number of para-hydroxylation sites is 1. The summed E-state index contributed by atoms with van der Waals surface area (Å²) < 4.78 is 0. The number of anilines is 1. The topological polar surface area (TPSA) is 29.1 Å². The second-order valence-corrected chi connectivity index (χ2v) is 5.01. The van der Waals surface area contributed by atoms with E-state index in [1.807, 2.05) is 61.5 Å². The van der Waals surface area contributed by atoms with Gasteiger partial charge in [0.2, 0.25) is 5.91 Å². The zero-order valence-electron chi connectivity index (χ0n) is 10.2. The van der Waals surface area contributed by atoms with Gasteiger partial charge in [0.1, 0.15) is 0 Å². The number of carbonyl (C=O) groups excluding carboxylic acids is 1. The molecule has 1 N–H and O–H groups in total. The number of aryl methyl sites for hydroxylation is 1. The van der Waals surface area contributed by atoms with Gasteiger partial charge in [0.05, 0.1) is 5.75 Å². The molecule has 18 heavy (non-hydrogen) atoms. The molecule has 0 atom stereocenters. The Hall–Kier alpha value is -1.74. The van der Waals surface area contributed by atoms with Crippen molar-refractivity contribution >= 4 is 23.4 Å². The van der Waals surface area contributed by atoms with Crippen molar-refractivity contribution in [3.8, 4) is 0 Å². The van der Waals surface area contributed by atoms with Crippen LogP contribution in [0.4, 0.5) is 5.69 Å². The molecule has 0 aliphatic heterocycles. The van der Waals surface area contributed by atoms with Crippen molar-refractivity contribution in [3.05, 3.63) is 60.2 Å². The van der Waals surface area contributed by atoms with E-state index in [1.54, 1.807) is 11.8 Å². The molecule has 0 unspecified atom stereocenters. The van der Waals surface area contributed by atoms with Gasteiger partial charge >= 0.3 is 0 Å². The molecule has 0 saturated heterocycles. The number of thioether (sulfide) groups is 1. The van der Waals surface area contributed by atoms with Crippen LogP contribution in [0.15, 0.2) is 59.5 Å². The van der Waals surface area contributed by atoms with Crippen LogP contribution >= 0.6 is 11.8 Å². The molecule has 0 bridgehead atoms. The molecule has 0 radical (unpaired) electrons. The summed E-state index contributed by atoms with van der Waals surface area (Å²) in [5.41, 5.74) is 1.96. The van der Waals surface area contributed by atoms with Crippen molar-refractivity contribution in [2.45, 2.75) is 11.8 Å². The molecular weight excluding hydrogens is 242 g/mol. The molecule has 2 rings (SSSR count). The number of carbonyl (C=O) groups is 1. The molecule has 0 saturated carbocycles. The smallest absolute Gasteiger partial charge is 0.234 e. The Kier molecular flexibility index (Phi) is 4.42. The van der Waals surface area contributed by atoms with Crippen molar-refractivity contribution in [3.63, 3.8) is 0 Å². The molecule has 2 nitrogen and oxygen atoms in total. The highest BCUT2D eigenvalue weighted by atomic mass is 32.2. The van der Waals surface area contributed by atoms with E-state index in [1.165, 1.54) is 0 Å². The first-order valence-electron chi connectivity index (χ1n) is 5.79. The van der Waals surface area contributed by atoms with Crippen molar-refractivity contribution in [1.29, 1.82) is 0 Å². The van der Waals surface area contributed by atoms with Gasteiger partial charge in [-0.3, -0.25) is 4.79 Å². The Morgan fingerprint density at radius 3 is 2.44 bits per heavy atom. The van der Waals surface area contributed by atoms with Crippen molar-refractivity contribution in [1.82, 2.24) is 0 Å². The zero-order valence-corrected chi connectivity index (χ0v) is 11.0. The highest BCUT2D eigenvalue weighted by Gasteiger charge is 2.04. The maximum atomic E-state index is 11.8. The van der Waals surface area contributed by atoms with Gasteiger partial charge in [0.25, 0.3) is 0 Å². The Morgan fingerprint density at radius 2 is 1.72 bits per heavy atom. The fraction of sp³-hybridized carbons (Fsp3) is 0.133. The van der Waals surface area contributed by atoms with Crippen LogP contribution in [0, 0.1) is 6.92 Å². The first-order valence-corrected chi connectivity index (χ1v) is 6.77. The van der Waals surface area contributed by atoms with Crippen molar-refractivity contribution < 1.29 is 4.79 Å². The van der Waals surface area contributed by atoms with Crippen LogP contribution < -0.4 is 5.32 Å². The minimum atomic E-state index is 0.0261. The molecule has 0 fully saturated rings. The first-order chi connectivity index (χ1) is 8.75. The molecule has 0 aliphatic carbocycles. The van der Waals surface area contributed by atoms with Gasteiger partial charge in [-0.1, -0.05) is 36.4 Å². The summed E-state index contributed by atoms with van der Waals surface area (Å²) in [6, 6.07) is 17.7. The highest BCUT2D eigenvalue weighted by Crippen LogP contribution is 2.18.